The number of hydrogen-bond acceptors (Lipinski definition) is 2. The zero-order valence-corrected chi connectivity index (χ0v) is 9.89. The summed E-state index contributed by atoms with van der Waals surface area (Å²) in [5.41, 5.74) is 0.725. The fourth-order valence-electron chi connectivity index (χ4n) is 2.07. The molecule has 0 aliphatic carbocycles. The lowest BCUT2D eigenvalue weighted by Gasteiger charge is -2.29. The summed E-state index contributed by atoms with van der Waals surface area (Å²) >= 11 is 11.9. The van der Waals surface area contributed by atoms with E-state index in [1.807, 2.05) is 19.9 Å². The molecular weight excluding hydrogens is 235 g/mol. The molecule has 0 spiro atoms. The molecule has 1 saturated heterocycles. The minimum absolute atomic E-state index is 0.124. The van der Waals surface area contributed by atoms with Gasteiger partial charge in [-0.25, -0.2) is 0 Å². The van der Waals surface area contributed by atoms with Gasteiger partial charge >= 0.3 is 0 Å². The lowest BCUT2D eigenvalue weighted by molar-refractivity contribution is 0.0725. The van der Waals surface area contributed by atoms with Crippen LogP contribution in [-0.2, 0) is 4.74 Å². The van der Waals surface area contributed by atoms with E-state index in [0.29, 0.717) is 10.0 Å². The molecule has 0 amide bonds. The first-order valence-electron chi connectivity index (χ1n) is 4.82. The smallest absolute Gasteiger partial charge is 0.132 e. The molecule has 2 nitrogen and oxygen atoms in total. The Kier molecular flexibility index (Phi) is 1.83. The molecule has 2 atom stereocenters. The number of ether oxygens (including phenoxy) is 2. The van der Waals surface area contributed by atoms with Crippen LogP contribution in [0.3, 0.4) is 0 Å². The molecule has 0 bridgehead atoms. The highest BCUT2D eigenvalue weighted by molar-refractivity contribution is 6.42. The van der Waals surface area contributed by atoms with Crippen molar-refractivity contribution in [2.45, 2.75) is 31.7 Å². The number of halogens is 2. The molecule has 1 fully saturated rings. The Bertz CT molecular complexity index is 442. The van der Waals surface area contributed by atoms with Crippen molar-refractivity contribution in [2.75, 3.05) is 0 Å². The summed E-state index contributed by atoms with van der Waals surface area (Å²) in [7, 11) is 0. The van der Waals surface area contributed by atoms with Crippen LogP contribution in [-0.4, -0.2) is 11.7 Å². The standard InChI is InChI=1S/C11H10Cl2O2/c1-11(2)10-9(14-10)5-3-6(12)7(13)4-8(5)15-11/h3-4,9-10H,1-2H3/t9-,10-/m0/s1. The number of rotatable bonds is 0. The van der Waals surface area contributed by atoms with Crippen molar-refractivity contribution in [3.05, 3.63) is 27.7 Å². The van der Waals surface area contributed by atoms with Crippen LogP contribution < -0.4 is 4.74 Å². The monoisotopic (exact) mass is 244 g/mol. The molecular formula is C11H10Cl2O2. The second-order valence-corrected chi connectivity index (χ2v) is 5.30. The van der Waals surface area contributed by atoms with Crippen molar-refractivity contribution in [1.82, 2.24) is 0 Å². The SMILES string of the molecule is CC1(C)Oc2cc(Cl)c(Cl)cc2[C@@H]2O[C@@H]21. The summed E-state index contributed by atoms with van der Waals surface area (Å²) in [5, 5.41) is 1.07. The molecule has 0 saturated carbocycles. The number of epoxide rings is 1. The first kappa shape index (κ1) is 9.76. The Balaban J connectivity index is 2.13. The summed E-state index contributed by atoms with van der Waals surface area (Å²) in [6.07, 6.45) is 0.265. The average Bonchev–Trinajstić information content (AvgIpc) is 2.89. The van der Waals surface area contributed by atoms with Crippen LogP contribution in [0.25, 0.3) is 0 Å². The third kappa shape index (κ3) is 1.36. The Morgan fingerprint density at radius 2 is 1.87 bits per heavy atom. The summed E-state index contributed by atoms with van der Waals surface area (Å²) < 4.78 is 11.4. The first-order chi connectivity index (χ1) is 6.99. The highest BCUT2D eigenvalue weighted by Crippen LogP contribution is 2.54. The summed E-state index contributed by atoms with van der Waals surface area (Å²) in [4.78, 5) is 0. The maximum atomic E-state index is 5.96. The van der Waals surface area contributed by atoms with Crippen molar-refractivity contribution < 1.29 is 9.47 Å². The molecule has 0 N–H and O–H groups in total. The van der Waals surface area contributed by atoms with Crippen molar-refractivity contribution in [2.24, 2.45) is 0 Å². The third-order valence-corrected chi connectivity index (χ3v) is 3.63. The molecule has 2 heterocycles. The molecule has 1 aromatic carbocycles. The number of fused-ring (bicyclic) bond motifs is 3. The summed E-state index contributed by atoms with van der Waals surface area (Å²) in [5.74, 6) is 0.785. The molecule has 2 aliphatic rings. The Morgan fingerprint density at radius 1 is 1.20 bits per heavy atom. The maximum Gasteiger partial charge on any atom is 0.132 e. The van der Waals surface area contributed by atoms with Gasteiger partial charge in [0.05, 0.1) is 10.0 Å². The minimum Gasteiger partial charge on any atom is -0.485 e. The van der Waals surface area contributed by atoms with E-state index in [1.54, 1.807) is 6.07 Å². The largest absolute Gasteiger partial charge is 0.485 e. The van der Waals surface area contributed by atoms with Gasteiger partial charge < -0.3 is 9.47 Å². The van der Waals surface area contributed by atoms with Gasteiger partial charge in [0.2, 0.25) is 0 Å². The molecule has 0 unspecified atom stereocenters. The molecule has 2 aliphatic heterocycles. The topological polar surface area (TPSA) is 21.8 Å². The maximum absolute atomic E-state index is 5.96. The second-order valence-electron chi connectivity index (χ2n) is 4.49. The fraction of sp³-hybridized carbons (Fsp3) is 0.455. The van der Waals surface area contributed by atoms with E-state index in [1.165, 1.54) is 0 Å². The van der Waals surface area contributed by atoms with Crippen LogP contribution in [0.15, 0.2) is 12.1 Å². The van der Waals surface area contributed by atoms with Crippen LogP contribution in [0, 0.1) is 0 Å². The quantitative estimate of drug-likeness (QED) is 0.651. The lowest BCUT2D eigenvalue weighted by atomic mass is 9.94. The number of hydrogen-bond donors (Lipinski definition) is 0. The highest BCUT2D eigenvalue weighted by Gasteiger charge is 2.56. The van der Waals surface area contributed by atoms with Crippen molar-refractivity contribution in [1.29, 1.82) is 0 Å². The molecule has 0 aromatic heterocycles. The van der Waals surface area contributed by atoms with Crippen molar-refractivity contribution in [3.8, 4) is 5.75 Å². The van der Waals surface area contributed by atoms with Crippen LogP contribution in [0.2, 0.25) is 10.0 Å². The molecule has 4 heteroatoms. The zero-order valence-electron chi connectivity index (χ0n) is 8.38. The molecule has 1 aromatic rings. The first-order valence-corrected chi connectivity index (χ1v) is 5.58. The Morgan fingerprint density at radius 3 is 2.60 bits per heavy atom. The van der Waals surface area contributed by atoms with Crippen molar-refractivity contribution in [3.63, 3.8) is 0 Å². The van der Waals surface area contributed by atoms with E-state index < -0.39 is 0 Å². The Labute approximate surface area is 98.1 Å². The Hall–Kier alpha value is -0.440. The van der Waals surface area contributed by atoms with Gasteiger partial charge in [0.25, 0.3) is 0 Å². The van der Waals surface area contributed by atoms with Gasteiger partial charge in [0.1, 0.15) is 23.6 Å². The van der Waals surface area contributed by atoms with Crippen LogP contribution in [0.1, 0.15) is 25.5 Å². The summed E-state index contributed by atoms with van der Waals surface area (Å²) in [6.45, 7) is 4.03. The van der Waals surface area contributed by atoms with Crippen LogP contribution in [0.4, 0.5) is 0 Å². The van der Waals surface area contributed by atoms with E-state index in [4.69, 9.17) is 32.7 Å². The van der Waals surface area contributed by atoms with Crippen LogP contribution in [0.5, 0.6) is 5.75 Å². The highest BCUT2D eigenvalue weighted by atomic mass is 35.5. The van der Waals surface area contributed by atoms with E-state index in [-0.39, 0.29) is 17.8 Å². The normalized spacial score (nSPS) is 30.1. The van der Waals surface area contributed by atoms with Gasteiger partial charge in [-0.3, -0.25) is 0 Å². The molecule has 3 rings (SSSR count). The zero-order chi connectivity index (χ0) is 10.8. The summed E-state index contributed by atoms with van der Waals surface area (Å²) in [6, 6.07) is 3.60. The predicted octanol–water partition coefficient (Wildman–Crippen LogP) is 3.60. The van der Waals surface area contributed by atoms with Gasteiger partial charge in [-0.1, -0.05) is 23.2 Å². The third-order valence-electron chi connectivity index (χ3n) is 2.91. The molecule has 80 valence electrons. The number of benzene rings is 1. The van der Waals surface area contributed by atoms with Gasteiger partial charge in [-0.15, -0.1) is 0 Å². The lowest BCUT2D eigenvalue weighted by Crippen LogP contribution is -2.37. The van der Waals surface area contributed by atoms with E-state index in [9.17, 15) is 0 Å². The van der Waals surface area contributed by atoms with Gasteiger partial charge in [0.15, 0.2) is 0 Å². The van der Waals surface area contributed by atoms with Gasteiger partial charge in [-0.2, -0.15) is 0 Å². The van der Waals surface area contributed by atoms with Crippen molar-refractivity contribution >= 4 is 23.2 Å². The predicted molar refractivity (Wildman–Crippen MR) is 58.8 cm³/mol. The van der Waals surface area contributed by atoms with Gasteiger partial charge in [-0.05, 0) is 19.9 Å². The molecule has 0 radical (unpaired) electrons. The van der Waals surface area contributed by atoms with E-state index in [0.717, 1.165) is 11.3 Å². The van der Waals surface area contributed by atoms with Crippen LogP contribution >= 0.6 is 23.2 Å². The molecule has 15 heavy (non-hydrogen) atoms. The van der Waals surface area contributed by atoms with Gasteiger partial charge in [0, 0.05) is 11.6 Å². The average molecular weight is 245 g/mol. The van der Waals surface area contributed by atoms with E-state index >= 15 is 0 Å². The fourth-order valence-corrected chi connectivity index (χ4v) is 2.40. The minimum atomic E-state index is -0.283. The van der Waals surface area contributed by atoms with E-state index in [2.05, 4.69) is 0 Å². The second kappa shape index (κ2) is 2.82.